The maximum Gasteiger partial charge on any atom is 0.472 e. The molecule has 0 saturated carbocycles. The number of carbonyl (C=O) groups is 4. The van der Waals surface area contributed by atoms with Crippen molar-refractivity contribution < 1.29 is 80.2 Å². The zero-order chi connectivity index (χ0) is 64.9. The molecule has 0 aromatic rings. The van der Waals surface area contributed by atoms with Crippen LogP contribution in [0.5, 0.6) is 0 Å². The van der Waals surface area contributed by atoms with Crippen molar-refractivity contribution in [2.24, 2.45) is 5.92 Å². The van der Waals surface area contributed by atoms with Gasteiger partial charge < -0.3 is 33.8 Å². The number of esters is 4. The number of hydrogen-bond acceptors (Lipinski definition) is 15. The Morgan fingerprint density at radius 1 is 0.307 bits per heavy atom. The van der Waals surface area contributed by atoms with Crippen molar-refractivity contribution in [2.45, 2.75) is 374 Å². The lowest BCUT2D eigenvalue weighted by molar-refractivity contribution is -0.161. The Hall–Kier alpha value is -1.94. The highest BCUT2D eigenvalue weighted by molar-refractivity contribution is 7.47. The Balaban J connectivity index is 5.20. The summed E-state index contributed by atoms with van der Waals surface area (Å²) in [5.74, 6) is -1.33. The molecule has 88 heavy (non-hydrogen) atoms. The maximum atomic E-state index is 13.0. The van der Waals surface area contributed by atoms with Gasteiger partial charge in [-0.15, -0.1) is 0 Å². The van der Waals surface area contributed by atoms with Gasteiger partial charge in [-0.05, 0) is 31.6 Å². The third kappa shape index (κ3) is 62.8. The molecule has 0 aliphatic heterocycles. The second-order valence-corrected chi connectivity index (χ2v) is 28.3. The van der Waals surface area contributed by atoms with E-state index in [0.717, 1.165) is 102 Å². The number of rotatable bonds is 69. The molecule has 522 valence electrons. The molecule has 0 aliphatic rings. The summed E-state index contributed by atoms with van der Waals surface area (Å²) >= 11 is 0. The minimum absolute atomic E-state index is 0.106. The first-order valence-corrected chi connectivity index (χ1v) is 39.1. The van der Waals surface area contributed by atoms with Crippen molar-refractivity contribution in [1.82, 2.24) is 0 Å². The van der Waals surface area contributed by atoms with E-state index < -0.39 is 97.5 Å². The van der Waals surface area contributed by atoms with Crippen molar-refractivity contribution in [3.8, 4) is 0 Å². The monoisotopic (exact) mass is 1300 g/mol. The normalized spacial score (nSPS) is 14.1. The Morgan fingerprint density at radius 3 is 0.773 bits per heavy atom. The lowest BCUT2D eigenvalue weighted by Gasteiger charge is -2.21. The smallest absolute Gasteiger partial charge is 0.462 e. The van der Waals surface area contributed by atoms with Gasteiger partial charge in [0.05, 0.1) is 26.4 Å². The molecular formula is C69H134O17P2. The Morgan fingerprint density at radius 2 is 0.523 bits per heavy atom. The molecule has 0 aliphatic carbocycles. The minimum Gasteiger partial charge on any atom is -0.462 e. The molecule has 0 rings (SSSR count). The molecule has 0 amide bonds. The molecule has 0 aromatic carbocycles. The van der Waals surface area contributed by atoms with Gasteiger partial charge >= 0.3 is 39.5 Å². The fraction of sp³-hybridized carbons (Fsp3) is 0.942. The third-order valence-corrected chi connectivity index (χ3v) is 17.9. The molecule has 3 N–H and O–H groups in total. The average Bonchev–Trinajstić information content (AvgIpc) is 3.69. The molecule has 0 fully saturated rings. The summed E-state index contributed by atoms with van der Waals surface area (Å²) in [5.41, 5.74) is 0. The first-order valence-electron chi connectivity index (χ1n) is 36.1. The van der Waals surface area contributed by atoms with Crippen LogP contribution in [0.1, 0.15) is 356 Å². The third-order valence-electron chi connectivity index (χ3n) is 16.0. The summed E-state index contributed by atoms with van der Waals surface area (Å²) in [6.45, 7) is 7.23. The summed E-state index contributed by atoms with van der Waals surface area (Å²) in [6, 6.07) is 0. The maximum absolute atomic E-state index is 13.0. The van der Waals surface area contributed by atoms with Crippen molar-refractivity contribution in [3.05, 3.63) is 0 Å². The Labute approximate surface area is 537 Å². The molecular weight excluding hydrogens is 1160 g/mol. The zero-order valence-electron chi connectivity index (χ0n) is 56.9. The molecule has 0 bridgehead atoms. The Kier molecular flexibility index (Phi) is 61.1. The molecule has 0 saturated heterocycles. The van der Waals surface area contributed by atoms with Crippen LogP contribution in [-0.2, 0) is 65.4 Å². The van der Waals surface area contributed by atoms with Gasteiger partial charge in [-0.3, -0.25) is 37.3 Å². The topological polar surface area (TPSA) is 237 Å². The van der Waals surface area contributed by atoms with E-state index in [1.165, 1.54) is 173 Å². The van der Waals surface area contributed by atoms with Gasteiger partial charge in [-0.1, -0.05) is 304 Å². The first kappa shape index (κ1) is 86.1. The molecule has 0 aromatic heterocycles. The van der Waals surface area contributed by atoms with Crippen LogP contribution in [0.4, 0.5) is 0 Å². The van der Waals surface area contributed by atoms with E-state index >= 15 is 0 Å². The predicted octanol–water partition coefficient (Wildman–Crippen LogP) is 19.7. The molecule has 0 heterocycles. The number of phosphoric acid groups is 2. The SMILES string of the molecule is CCCCCCCCCCCCCCCC(=O)OC[C@H](COP(=O)(O)OC[C@@H](O)COP(=O)(O)OC[C@@H](COC(=O)CCCCCCCCCC)OC(=O)CCCCCCCCCCCC)OC(=O)CCCCCCCCCCCCCCCCC(C)C. The van der Waals surface area contributed by atoms with Gasteiger partial charge in [0, 0.05) is 25.7 Å². The van der Waals surface area contributed by atoms with Crippen molar-refractivity contribution in [3.63, 3.8) is 0 Å². The molecule has 0 radical (unpaired) electrons. The van der Waals surface area contributed by atoms with Gasteiger partial charge in [0.2, 0.25) is 0 Å². The van der Waals surface area contributed by atoms with Crippen LogP contribution in [-0.4, -0.2) is 96.7 Å². The van der Waals surface area contributed by atoms with E-state index in [0.29, 0.717) is 25.7 Å². The summed E-state index contributed by atoms with van der Waals surface area (Å²) in [4.78, 5) is 72.4. The second kappa shape index (κ2) is 62.5. The van der Waals surface area contributed by atoms with Gasteiger partial charge in [0.25, 0.3) is 0 Å². The predicted molar refractivity (Wildman–Crippen MR) is 354 cm³/mol. The summed E-state index contributed by atoms with van der Waals surface area (Å²) < 4.78 is 68.2. The van der Waals surface area contributed by atoms with Crippen molar-refractivity contribution in [1.29, 1.82) is 0 Å². The number of ether oxygens (including phenoxy) is 4. The molecule has 2 unspecified atom stereocenters. The number of aliphatic hydroxyl groups is 1. The van der Waals surface area contributed by atoms with Gasteiger partial charge in [0.1, 0.15) is 19.3 Å². The minimum atomic E-state index is -4.95. The molecule has 19 heteroatoms. The van der Waals surface area contributed by atoms with E-state index in [1.54, 1.807) is 0 Å². The number of hydrogen-bond donors (Lipinski definition) is 3. The van der Waals surface area contributed by atoms with E-state index in [-0.39, 0.29) is 25.7 Å². The highest BCUT2D eigenvalue weighted by Crippen LogP contribution is 2.45. The van der Waals surface area contributed by atoms with E-state index in [2.05, 4.69) is 34.6 Å². The van der Waals surface area contributed by atoms with Crippen LogP contribution in [0.25, 0.3) is 0 Å². The van der Waals surface area contributed by atoms with E-state index in [1.807, 2.05) is 0 Å². The number of unbranched alkanes of at least 4 members (excludes halogenated alkanes) is 41. The lowest BCUT2D eigenvalue weighted by atomic mass is 10.0. The zero-order valence-corrected chi connectivity index (χ0v) is 58.6. The van der Waals surface area contributed by atoms with Gasteiger partial charge in [-0.2, -0.15) is 0 Å². The highest BCUT2D eigenvalue weighted by Gasteiger charge is 2.30. The molecule has 5 atom stereocenters. The highest BCUT2D eigenvalue weighted by atomic mass is 31.2. The van der Waals surface area contributed by atoms with E-state index in [9.17, 15) is 43.2 Å². The Bertz CT molecular complexity index is 1700. The van der Waals surface area contributed by atoms with Crippen LogP contribution in [0, 0.1) is 5.92 Å². The number of aliphatic hydroxyl groups excluding tert-OH is 1. The number of carbonyl (C=O) groups excluding carboxylic acids is 4. The largest absolute Gasteiger partial charge is 0.472 e. The quantitative estimate of drug-likeness (QED) is 0.0222. The van der Waals surface area contributed by atoms with Gasteiger partial charge in [0.15, 0.2) is 12.2 Å². The fourth-order valence-corrected chi connectivity index (χ4v) is 12.0. The van der Waals surface area contributed by atoms with Crippen LogP contribution in [0.15, 0.2) is 0 Å². The van der Waals surface area contributed by atoms with Crippen molar-refractivity contribution >= 4 is 39.5 Å². The summed E-state index contributed by atoms with van der Waals surface area (Å²) in [5, 5.41) is 10.6. The summed E-state index contributed by atoms with van der Waals surface area (Å²) in [6.07, 6.45) is 48.5. The van der Waals surface area contributed by atoms with Crippen LogP contribution in [0.2, 0.25) is 0 Å². The lowest BCUT2D eigenvalue weighted by Crippen LogP contribution is -2.30. The number of phosphoric ester groups is 2. The van der Waals surface area contributed by atoms with Crippen LogP contribution >= 0.6 is 15.6 Å². The first-order chi connectivity index (χ1) is 42.5. The fourth-order valence-electron chi connectivity index (χ4n) is 10.5. The second-order valence-electron chi connectivity index (χ2n) is 25.4. The van der Waals surface area contributed by atoms with Crippen LogP contribution < -0.4 is 0 Å². The standard InChI is InChI=1S/C69H134O17P2/c1-6-9-12-15-18-21-23-26-30-34-38-43-48-53-67(72)80-59-65(86-69(74)55-50-45-40-35-31-28-25-24-27-29-32-36-41-46-51-62(4)5)61-84-88(77,78)82-57-63(70)56-81-87(75,76)83-60-64(58-79-66(71)52-47-42-37-20-17-14-11-8-3)85-68(73)54-49-44-39-33-22-19-16-13-10-7-2/h62-65,70H,6-61H2,1-5H3,(H,75,76)(H,77,78)/t63-,64+,65+/m0/s1. The van der Waals surface area contributed by atoms with Crippen molar-refractivity contribution in [2.75, 3.05) is 39.6 Å². The van der Waals surface area contributed by atoms with E-state index in [4.69, 9.17) is 37.0 Å². The molecule has 0 spiro atoms. The average molecular weight is 1300 g/mol. The summed E-state index contributed by atoms with van der Waals surface area (Å²) in [7, 11) is -9.89. The molecule has 17 nitrogen and oxygen atoms in total. The van der Waals surface area contributed by atoms with Gasteiger partial charge in [-0.25, -0.2) is 9.13 Å². The van der Waals surface area contributed by atoms with Crippen LogP contribution in [0.3, 0.4) is 0 Å².